The lowest BCUT2D eigenvalue weighted by atomic mass is 10.0. The van der Waals surface area contributed by atoms with Crippen molar-refractivity contribution >= 4 is 11.8 Å². The maximum absolute atomic E-state index is 11.2. The van der Waals surface area contributed by atoms with Crippen LogP contribution in [-0.4, -0.2) is 22.0 Å². The lowest BCUT2D eigenvalue weighted by molar-refractivity contribution is -0.135. The van der Waals surface area contributed by atoms with E-state index in [1.165, 1.54) is 12.2 Å². The molecule has 1 unspecified atom stereocenters. The van der Waals surface area contributed by atoms with Gasteiger partial charge in [0.05, 0.1) is 0 Å². The number of carbonyl (C=O) groups is 2. The van der Waals surface area contributed by atoms with E-state index in [0.29, 0.717) is 0 Å². The summed E-state index contributed by atoms with van der Waals surface area (Å²) in [6, 6.07) is 0. The van der Waals surface area contributed by atoms with Gasteiger partial charge in [0.15, 0.2) is 5.78 Å². The molecular formula is C10H14O4. The van der Waals surface area contributed by atoms with E-state index in [9.17, 15) is 9.59 Å². The molecule has 0 amide bonds. The standard InChI is InChI=1S/C10H14O4/c1-3-7(2)8(11)5-4-6-9(12)10(13)14/h4-7,12H,3H2,1-2H3,(H,13,14). The third-order valence-corrected chi connectivity index (χ3v) is 1.83. The van der Waals surface area contributed by atoms with Gasteiger partial charge in [-0.15, -0.1) is 0 Å². The SMILES string of the molecule is CCC(C)C(=O)C=CC=C(O)C(=O)O. The zero-order valence-electron chi connectivity index (χ0n) is 8.23. The first kappa shape index (κ1) is 12.4. The lowest BCUT2D eigenvalue weighted by Gasteiger charge is -2.00. The second kappa shape index (κ2) is 5.96. The average Bonchev–Trinajstić information content (AvgIpc) is 2.15. The molecule has 14 heavy (non-hydrogen) atoms. The van der Waals surface area contributed by atoms with Crippen LogP contribution in [0.2, 0.25) is 0 Å². The van der Waals surface area contributed by atoms with Crippen LogP contribution >= 0.6 is 0 Å². The summed E-state index contributed by atoms with van der Waals surface area (Å²) in [6.45, 7) is 3.68. The number of aliphatic carboxylic acids is 1. The van der Waals surface area contributed by atoms with Gasteiger partial charge in [-0.3, -0.25) is 4.79 Å². The minimum atomic E-state index is -1.41. The number of aliphatic hydroxyl groups excluding tert-OH is 1. The van der Waals surface area contributed by atoms with Gasteiger partial charge in [0.25, 0.3) is 0 Å². The van der Waals surface area contributed by atoms with Crippen molar-refractivity contribution < 1.29 is 19.8 Å². The number of allylic oxidation sites excluding steroid dienone is 3. The summed E-state index contributed by atoms with van der Waals surface area (Å²) in [4.78, 5) is 21.3. The highest BCUT2D eigenvalue weighted by Crippen LogP contribution is 2.03. The third-order valence-electron chi connectivity index (χ3n) is 1.83. The van der Waals surface area contributed by atoms with Crippen molar-refractivity contribution in [2.24, 2.45) is 5.92 Å². The molecule has 0 heterocycles. The van der Waals surface area contributed by atoms with Crippen LogP contribution in [0.3, 0.4) is 0 Å². The Bertz CT molecular complexity index is 276. The first-order valence-corrected chi connectivity index (χ1v) is 4.33. The first-order valence-electron chi connectivity index (χ1n) is 4.33. The molecule has 4 nitrogen and oxygen atoms in total. The van der Waals surface area contributed by atoms with E-state index < -0.39 is 11.7 Å². The molecule has 0 saturated carbocycles. The molecule has 0 aromatic rings. The number of carboxylic acids is 1. The Morgan fingerprint density at radius 3 is 2.36 bits per heavy atom. The molecule has 0 aliphatic carbocycles. The molecule has 0 rings (SSSR count). The van der Waals surface area contributed by atoms with Crippen LogP contribution in [0, 0.1) is 5.92 Å². The fraction of sp³-hybridized carbons (Fsp3) is 0.400. The normalized spacial score (nSPS) is 14.3. The van der Waals surface area contributed by atoms with E-state index in [-0.39, 0.29) is 11.7 Å². The second-order valence-electron chi connectivity index (χ2n) is 2.93. The molecule has 4 heteroatoms. The summed E-state index contributed by atoms with van der Waals surface area (Å²) >= 11 is 0. The maximum atomic E-state index is 11.2. The number of hydrogen-bond donors (Lipinski definition) is 2. The highest BCUT2D eigenvalue weighted by atomic mass is 16.4. The number of rotatable bonds is 5. The largest absolute Gasteiger partial charge is 0.502 e. The van der Waals surface area contributed by atoms with Gasteiger partial charge in [0.1, 0.15) is 0 Å². The van der Waals surface area contributed by atoms with E-state index >= 15 is 0 Å². The molecule has 0 fully saturated rings. The number of aliphatic hydroxyl groups is 1. The van der Waals surface area contributed by atoms with Gasteiger partial charge in [-0.1, -0.05) is 19.9 Å². The van der Waals surface area contributed by atoms with Crippen molar-refractivity contribution in [3.8, 4) is 0 Å². The smallest absolute Gasteiger partial charge is 0.370 e. The zero-order chi connectivity index (χ0) is 11.1. The second-order valence-corrected chi connectivity index (χ2v) is 2.93. The molecule has 0 radical (unpaired) electrons. The Labute approximate surface area is 82.6 Å². The number of ketones is 1. The topological polar surface area (TPSA) is 74.6 Å². The number of hydrogen-bond acceptors (Lipinski definition) is 3. The fourth-order valence-corrected chi connectivity index (χ4v) is 0.671. The number of carbonyl (C=O) groups excluding carboxylic acids is 1. The van der Waals surface area contributed by atoms with Crippen LogP contribution in [-0.2, 0) is 9.59 Å². The van der Waals surface area contributed by atoms with Crippen molar-refractivity contribution in [3.05, 3.63) is 24.0 Å². The zero-order valence-corrected chi connectivity index (χ0v) is 8.23. The summed E-state index contributed by atoms with van der Waals surface area (Å²) in [5.74, 6) is -2.35. The Morgan fingerprint density at radius 2 is 1.93 bits per heavy atom. The molecule has 0 aliphatic heterocycles. The van der Waals surface area contributed by atoms with E-state index in [4.69, 9.17) is 10.2 Å². The highest BCUT2D eigenvalue weighted by Gasteiger charge is 2.06. The average molecular weight is 198 g/mol. The molecule has 0 saturated heterocycles. The number of carboxylic acid groups (broad SMARTS) is 1. The Morgan fingerprint density at radius 1 is 1.36 bits per heavy atom. The van der Waals surface area contributed by atoms with Gasteiger partial charge in [0.2, 0.25) is 5.76 Å². The minimum Gasteiger partial charge on any atom is -0.502 e. The summed E-state index contributed by atoms with van der Waals surface area (Å²) in [5.41, 5.74) is 0. The fourth-order valence-electron chi connectivity index (χ4n) is 0.671. The van der Waals surface area contributed by atoms with Crippen molar-refractivity contribution in [2.75, 3.05) is 0 Å². The van der Waals surface area contributed by atoms with Crippen LogP contribution < -0.4 is 0 Å². The van der Waals surface area contributed by atoms with Crippen molar-refractivity contribution in [1.82, 2.24) is 0 Å². The van der Waals surface area contributed by atoms with Crippen LogP contribution in [0.5, 0.6) is 0 Å². The van der Waals surface area contributed by atoms with E-state index in [1.807, 2.05) is 6.92 Å². The summed E-state index contributed by atoms with van der Waals surface area (Å²) in [7, 11) is 0. The van der Waals surface area contributed by atoms with E-state index in [2.05, 4.69) is 0 Å². The van der Waals surface area contributed by atoms with Crippen molar-refractivity contribution in [3.63, 3.8) is 0 Å². The molecule has 0 bridgehead atoms. The van der Waals surface area contributed by atoms with Crippen molar-refractivity contribution in [1.29, 1.82) is 0 Å². The van der Waals surface area contributed by atoms with Gasteiger partial charge >= 0.3 is 5.97 Å². The molecule has 0 spiro atoms. The first-order chi connectivity index (χ1) is 6.49. The van der Waals surface area contributed by atoms with Crippen LogP contribution in [0.15, 0.2) is 24.0 Å². The molecule has 78 valence electrons. The molecule has 0 aromatic heterocycles. The van der Waals surface area contributed by atoms with Gasteiger partial charge in [-0.2, -0.15) is 0 Å². The quantitative estimate of drug-likeness (QED) is 0.400. The van der Waals surface area contributed by atoms with Crippen molar-refractivity contribution in [2.45, 2.75) is 20.3 Å². The highest BCUT2D eigenvalue weighted by molar-refractivity contribution is 5.92. The van der Waals surface area contributed by atoms with Crippen LogP contribution in [0.25, 0.3) is 0 Å². The third kappa shape index (κ3) is 4.45. The van der Waals surface area contributed by atoms with E-state index in [1.54, 1.807) is 6.92 Å². The maximum Gasteiger partial charge on any atom is 0.370 e. The summed E-state index contributed by atoms with van der Waals surface area (Å²) in [5, 5.41) is 17.0. The monoisotopic (exact) mass is 198 g/mol. The Hall–Kier alpha value is -1.58. The van der Waals surface area contributed by atoms with Gasteiger partial charge in [-0.05, 0) is 18.6 Å². The summed E-state index contributed by atoms with van der Waals surface area (Å²) < 4.78 is 0. The minimum absolute atomic E-state index is 0.0772. The molecular weight excluding hydrogens is 184 g/mol. The molecule has 0 aromatic carbocycles. The lowest BCUT2D eigenvalue weighted by Crippen LogP contribution is -2.05. The predicted molar refractivity (Wildman–Crippen MR) is 51.9 cm³/mol. The van der Waals surface area contributed by atoms with Crippen LogP contribution in [0.4, 0.5) is 0 Å². The molecule has 0 aliphatic rings. The summed E-state index contributed by atoms with van der Waals surface area (Å²) in [6.07, 6.45) is 4.20. The molecule has 2 N–H and O–H groups in total. The molecule has 1 atom stereocenters. The Kier molecular flexibility index (Phi) is 5.29. The van der Waals surface area contributed by atoms with E-state index in [0.717, 1.165) is 12.5 Å². The van der Waals surface area contributed by atoms with Gasteiger partial charge < -0.3 is 10.2 Å². The predicted octanol–water partition coefficient (Wildman–Crippen LogP) is 1.68. The van der Waals surface area contributed by atoms with Gasteiger partial charge in [-0.25, -0.2) is 4.79 Å². The van der Waals surface area contributed by atoms with Gasteiger partial charge in [0, 0.05) is 5.92 Å². The Balaban J connectivity index is 4.26. The van der Waals surface area contributed by atoms with Crippen LogP contribution in [0.1, 0.15) is 20.3 Å².